The third-order valence-electron chi connectivity index (χ3n) is 3.18. The summed E-state index contributed by atoms with van der Waals surface area (Å²) in [5.41, 5.74) is 2.65. The number of nitrogens with one attached hydrogen (secondary N) is 1. The van der Waals surface area contributed by atoms with Gasteiger partial charge < -0.3 is 5.32 Å². The molecule has 1 N–H and O–H groups in total. The summed E-state index contributed by atoms with van der Waals surface area (Å²) in [6, 6.07) is 11.2. The Morgan fingerprint density at radius 1 is 1.26 bits per heavy atom. The summed E-state index contributed by atoms with van der Waals surface area (Å²) in [7, 11) is 0. The summed E-state index contributed by atoms with van der Waals surface area (Å²) in [4.78, 5) is 20.7. The molecular formula is C17H14ClN3OS. The van der Waals surface area contributed by atoms with Crippen molar-refractivity contribution in [3.63, 3.8) is 0 Å². The van der Waals surface area contributed by atoms with E-state index in [4.69, 9.17) is 11.6 Å². The minimum Gasteiger partial charge on any atom is -0.310 e. The van der Waals surface area contributed by atoms with E-state index in [2.05, 4.69) is 15.3 Å². The van der Waals surface area contributed by atoms with Crippen LogP contribution in [0.5, 0.6) is 0 Å². The molecule has 0 spiro atoms. The summed E-state index contributed by atoms with van der Waals surface area (Å²) >= 11 is 7.65. The van der Waals surface area contributed by atoms with E-state index in [0.29, 0.717) is 10.8 Å². The van der Waals surface area contributed by atoms with E-state index in [1.54, 1.807) is 12.3 Å². The number of hydrogen-bond acceptors (Lipinski definition) is 4. The minimum absolute atomic E-state index is 0.141. The highest BCUT2D eigenvalue weighted by molar-refractivity contribution is 7.13. The largest absolute Gasteiger partial charge is 0.310 e. The predicted molar refractivity (Wildman–Crippen MR) is 93.9 cm³/mol. The minimum atomic E-state index is -0.141. The highest BCUT2D eigenvalue weighted by Crippen LogP contribution is 2.30. The molecule has 0 aliphatic heterocycles. The Balaban J connectivity index is 1.68. The fraction of sp³-hybridized carbons (Fsp3) is 0.118. The molecule has 1 aromatic carbocycles. The molecule has 0 fully saturated rings. The van der Waals surface area contributed by atoms with Crippen molar-refractivity contribution >= 4 is 34.7 Å². The number of carbonyl (C=O) groups is 1. The van der Waals surface area contributed by atoms with Gasteiger partial charge in [-0.15, -0.1) is 11.3 Å². The van der Waals surface area contributed by atoms with Gasteiger partial charge in [0.05, 0.1) is 17.1 Å². The second-order valence-corrected chi connectivity index (χ2v) is 6.33. The van der Waals surface area contributed by atoms with Gasteiger partial charge in [-0.25, -0.2) is 9.97 Å². The van der Waals surface area contributed by atoms with Crippen molar-refractivity contribution in [1.29, 1.82) is 0 Å². The van der Waals surface area contributed by atoms with Crippen LogP contribution in [0.2, 0.25) is 5.02 Å². The third kappa shape index (κ3) is 3.94. The van der Waals surface area contributed by atoms with Crippen LogP contribution in [0, 0.1) is 6.92 Å². The van der Waals surface area contributed by atoms with Crippen LogP contribution >= 0.6 is 22.9 Å². The van der Waals surface area contributed by atoms with Gasteiger partial charge >= 0.3 is 0 Å². The average molecular weight is 344 g/mol. The number of thiazole rings is 1. The summed E-state index contributed by atoms with van der Waals surface area (Å²) in [6.45, 7) is 1.95. The Kier molecular flexibility index (Phi) is 4.69. The monoisotopic (exact) mass is 343 g/mol. The maximum atomic E-state index is 12.1. The third-order valence-corrected chi connectivity index (χ3v) is 4.43. The number of amides is 1. The van der Waals surface area contributed by atoms with Crippen LogP contribution in [-0.2, 0) is 11.2 Å². The molecule has 0 radical (unpaired) electrons. The van der Waals surface area contributed by atoms with Crippen molar-refractivity contribution in [2.24, 2.45) is 0 Å². The molecule has 4 nitrogen and oxygen atoms in total. The lowest BCUT2D eigenvalue weighted by Crippen LogP contribution is -2.15. The topological polar surface area (TPSA) is 54.9 Å². The number of anilines is 1. The van der Waals surface area contributed by atoms with Crippen molar-refractivity contribution in [2.75, 3.05) is 5.32 Å². The number of halogens is 1. The molecule has 3 rings (SSSR count). The van der Waals surface area contributed by atoms with Crippen LogP contribution in [0.4, 0.5) is 5.82 Å². The van der Waals surface area contributed by atoms with Crippen molar-refractivity contribution < 1.29 is 4.79 Å². The van der Waals surface area contributed by atoms with E-state index >= 15 is 0 Å². The first-order valence-electron chi connectivity index (χ1n) is 7.03. The van der Waals surface area contributed by atoms with Crippen LogP contribution in [-0.4, -0.2) is 15.9 Å². The molecule has 0 saturated carbocycles. The lowest BCUT2D eigenvalue weighted by atomic mass is 10.2. The first-order valence-corrected chi connectivity index (χ1v) is 8.29. The lowest BCUT2D eigenvalue weighted by Gasteiger charge is -2.03. The molecular weight excluding hydrogens is 330 g/mol. The van der Waals surface area contributed by atoms with E-state index in [9.17, 15) is 4.79 Å². The summed E-state index contributed by atoms with van der Waals surface area (Å²) in [6.07, 6.45) is 1.92. The van der Waals surface area contributed by atoms with Crippen LogP contribution in [0.15, 0.2) is 48.0 Å². The van der Waals surface area contributed by atoms with Gasteiger partial charge in [0.2, 0.25) is 5.91 Å². The van der Waals surface area contributed by atoms with E-state index in [1.807, 2.05) is 42.6 Å². The number of nitrogens with zero attached hydrogens (tertiary/aromatic N) is 2. The second kappa shape index (κ2) is 6.89. The van der Waals surface area contributed by atoms with E-state index in [-0.39, 0.29) is 12.3 Å². The zero-order chi connectivity index (χ0) is 16.2. The summed E-state index contributed by atoms with van der Waals surface area (Å²) in [5.74, 6) is 0.402. The fourth-order valence-electron chi connectivity index (χ4n) is 2.04. The molecule has 0 atom stereocenters. The molecule has 1 amide bonds. The maximum Gasteiger partial charge on any atom is 0.231 e. The average Bonchev–Trinajstić information content (AvgIpc) is 2.98. The summed E-state index contributed by atoms with van der Waals surface area (Å²) in [5, 5.41) is 6.11. The first kappa shape index (κ1) is 15.6. The van der Waals surface area contributed by atoms with Crippen LogP contribution in [0.25, 0.3) is 10.6 Å². The normalized spacial score (nSPS) is 10.5. The van der Waals surface area contributed by atoms with Crippen molar-refractivity contribution in [3.8, 4) is 10.6 Å². The number of aryl methyl sites for hydroxylation is 1. The number of pyridine rings is 1. The molecule has 6 heteroatoms. The number of hydrogen-bond donors (Lipinski definition) is 1. The maximum absolute atomic E-state index is 12.1. The lowest BCUT2D eigenvalue weighted by molar-refractivity contribution is -0.115. The molecule has 2 aromatic heterocycles. The van der Waals surface area contributed by atoms with Gasteiger partial charge in [-0.1, -0.05) is 35.9 Å². The van der Waals surface area contributed by atoms with Crippen LogP contribution < -0.4 is 5.32 Å². The Morgan fingerprint density at radius 2 is 2.09 bits per heavy atom. The number of benzene rings is 1. The summed E-state index contributed by atoms with van der Waals surface area (Å²) < 4.78 is 0. The van der Waals surface area contributed by atoms with E-state index in [1.165, 1.54) is 11.3 Å². The zero-order valence-electron chi connectivity index (χ0n) is 12.4. The Hall–Kier alpha value is -2.24. The van der Waals surface area contributed by atoms with Crippen LogP contribution in [0.3, 0.4) is 0 Å². The number of aromatic nitrogens is 2. The van der Waals surface area contributed by atoms with Crippen molar-refractivity contribution in [1.82, 2.24) is 9.97 Å². The van der Waals surface area contributed by atoms with E-state index in [0.717, 1.165) is 21.8 Å². The Morgan fingerprint density at radius 3 is 2.83 bits per heavy atom. The smallest absolute Gasteiger partial charge is 0.231 e. The Labute approximate surface area is 143 Å². The molecule has 0 bridgehead atoms. The van der Waals surface area contributed by atoms with Crippen molar-refractivity contribution in [2.45, 2.75) is 13.3 Å². The number of carbonyl (C=O) groups excluding carboxylic acids is 1. The zero-order valence-corrected chi connectivity index (χ0v) is 14.0. The molecule has 116 valence electrons. The molecule has 0 aliphatic carbocycles. The van der Waals surface area contributed by atoms with Gasteiger partial charge in [0.15, 0.2) is 0 Å². The highest BCUT2D eigenvalue weighted by atomic mass is 35.5. The quantitative estimate of drug-likeness (QED) is 0.766. The molecule has 3 aromatic rings. The highest BCUT2D eigenvalue weighted by Gasteiger charge is 2.11. The first-order chi connectivity index (χ1) is 11.1. The van der Waals surface area contributed by atoms with Gasteiger partial charge in [-0.2, -0.15) is 0 Å². The molecule has 2 heterocycles. The molecule has 0 unspecified atom stereocenters. The Bertz CT molecular complexity index is 830. The molecule has 0 saturated heterocycles. The van der Waals surface area contributed by atoms with Gasteiger partial charge in [0, 0.05) is 17.1 Å². The SMILES string of the molecule is Cc1ccc(NC(=O)Cc2csc(-c3ccccc3Cl)n2)nc1. The van der Waals surface area contributed by atoms with Gasteiger partial charge in [0.25, 0.3) is 0 Å². The fourth-order valence-corrected chi connectivity index (χ4v) is 3.18. The van der Waals surface area contributed by atoms with E-state index < -0.39 is 0 Å². The molecule has 0 aliphatic rings. The van der Waals surface area contributed by atoms with Gasteiger partial charge in [-0.05, 0) is 24.6 Å². The van der Waals surface area contributed by atoms with Crippen LogP contribution in [0.1, 0.15) is 11.3 Å². The standard InChI is InChI=1S/C17H14ClN3OS/c1-11-6-7-15(19-9-11)21-16(22)8-12-10-23-17(20-12)13-4-2-3-5-14(13)18/h2-7,9-10H,8H2,1H3,(H,19,21,22). The van der Waals surface area contributed by atoms with Gasteiger partial charge in [-0.3, -0.25) is 4.79 Å². The van der Waals surface area contributed by atoms with Crippen molar-refractivity contribution in [3.05, 3.63) is 64.3 Å². The predicted octanol–water partition coefficient (Wildman–Crippen LogP) is 4.35. The molecule has 23 heavy (non-hydrogen) atoms. The van der Waals surface area contributed by atoms with Gasteiger partial charge in [0.1, 0.15) is 10.8 Å². The second-order valence-electron chi connectivity index (χ2n) is 5.07. The number of rotatable bonds is 4.